The van der Waals surface area contributed by atoms with E-state index in [2.05, 4.69) is 10.6 Å². The fourth-order valence-electron chi connectivity index (χ4n) is 3.28. The number of nitrogens with zero attached hydrogens (tertiary/aromatic N) is 1. The molecular weight excluding hydrogens is 314 g/mol. The summed E-state index contributed by atoms with van der Waals surface area (Å²) >= 11 is 0. The Morgan fingerprint density at radius 1 is 1.04 bits per heavy atom. The lowest BCUT2D eigenvalue weighted by atomic mass is 10.0. The predicted molar refractivity (Wildman–Crippen MR) is 98.3 cm³/mol. The summed E-state index contributed by atoms with van der Waals surface area (Å²) in [4.78, 5) is 26.2. The number of benzene rings is 1. The summed E-state index contributed by atoms with van der Waals surface area (Å²) in [6.07, 6.45) is 6.08. The highest BCUT2D eigenvalue weighted by atomic mass is 16.2. The van der Waals surface area contributed by atoms with Crippen molar-refractivity contribution in [3.63, 3.8) is 0 Å². The van der Waals surface area contributed by atoms with Gasteiger partial charge in [-0.3, -0.25) is 9.59 Å². The van der Waals surface area contributed by atoms with E-state index in [1.807, 2.05) is 23.1 Å². The molecule has 1 aliphatic carbocycles. The van der Waals surface area contributed by atoms with Gasteiger partial charge in [-0.15, -0.1) is 0 Å². The quantitative estimate of drug-likeness (QED) is 0.711. The van der Waals surface area contributed by atoms with Crippen LogP contribution in [0.4, 0.5) is 0 Å². The van der Waals surface area contributed by atoms with Crippen molar-refractivity contribution in [3.05, 3.63) is 35.9 Å². The molecule has 2 N–H and O–H groups in total. The van der Waals surface area contributed by atoms with Crippen molar-refractivity contribution >= 4 is 11.8 Å². The van der Waals surface area contributed by atoms with Gasteiger partial charge in [0.05, 0.1) is 0 Å². The first-order valence-electron chi connectivity index (χ1n) is 9.57. The van der Waals surface area contributed by atoms with Gasteiger partial charge in [-0.1, -0.05) is 18.2 Å². The highest BCUT2D eigenvalue weighted by Crippen LogP contribution is 2.28. The topological polar surface area (TPSA) is 61.4 Å². The molecule has 0 bridgehead atoms. The summed E-state index contributed by atoms with van der Waals surface area (Å²) in [6.45, 7) is 3.41. The van der Waals surface area contributed by atoms with E-state index in [9.17, 15) is 9.59 Å². The number of rotatable bonds is 8. The Bertz CT molecular complexity index is 564. The van der Waals surface area contributed by atoms with Crippen molar-refractivity contribution < 1.29 is 9.59 Å². The Kier molecular flexibility index (Phi) is 6.45. The van der Waals surface area contributed by atoms with Gasteiger partial charge in [0, 0.05) is 37.7 Å². The van der Waals surface area contributed by atoms with Gasteiger partial charge < -0.3 is 15.5 Å². The molecule has 3 rings (SSSR count). The molecule has 136 valence electrons. The number of carbonyl (C=O) groups excluding carboxylic acids is 2. The molecule has 1 aliphatic heterocycles. The molecule has 1 aromatic carbocycles. The van der Waals surface area contributed by atoms with Crippen LogP contribution in [0.2, 0.25) is 0 Å². The lowest BCUT2D eigenvalue weighted by Crippen LogP contribution is -2.45. The monoisotopic (exact) mass is 343 g/mol. The van der Waals surface area contributed by atoms with Crippen LogP contribution in [-0.2, 0) is 4.79 Å². The minimum atomic E-state index is -0.0735. The number of likely N-dealkylation sites (tertiary alicyclic amines) is 1. The van der Waals surface area contributed by atoms with Crippen molar-refractivity contribution in [3.8, 4) is 0 Å². The van der Waals surface area contributed by atoms with Gasteiger partial charge in [0.1, 0.15) is 0 Å². The Labute approximate surface area is 150 Å². The summed E-state index contributed by atoms with van der Waals surface area (Å²) in [5.41, 5.74) is 0.662. The molecule has 2 aliphatic rings. The van der Waals surface area contributed by atoms with Crippen LogP contribution in [0.25, 0.3) is 0 Å². The molecule has 0 aromatic heterocycles. The normalized spacial score (nSPS) is 18.2. The van der Waals surface area contributed by atoms with Crippen LogP contribution in [-0.4, -0.2) is 48.9 Å². The van der Waals surface area contributed by atoms with Gasteiger partial charge in [0.2, 0.25) is 5.91 Å². The van der Waals surface area contributed by atoms with Crippen LogP contribution >= 0.6 is 0 Å². The summed E-state index contributed by atoms with van der Waals surface area (Å²) in [5, 5.41) is 6.52. The van der Waals surface area contributed by atoms with Crippen LogP contribution in [0.1, 0.15) is 48.9 Å². The van der Waals surface area contributed by atoms with Gasteiger partial charge in [0.15, 0.2) is 0 Å². The maximum absolute atomic E-state index is 12.3. The molecule has 2 amide bonds. The Morgan fingerprint density at radius 3 is 2.44 bits per heavy atom. The molecule has 1 heterocycles. The highest BCUT2D eigenvalue weighted by Gasteiger charge is 2.25. The number of carbonyl (C=O) groups is 2. The first kappa shape index (κ1) is 17.9. The van der Waals surface area contributed by atoms with Crippen LogP contribution in [0, 0.1) is 5.92 Å². The summed E-state index contributed by atoms with van der Waals surface area (Å²) in [5.74, 6) is 1.05. The fourth-order valence-corrected chi connectivity index (χ4v) is 3.28. The lowest BCUT2D eigenvalue weighted by Gasteiger charge is -2.32. The molecule has 0 unspecified atom stereocenters. The molecule has 5 nitrogen and oxygen atoms in total. The molecule has 25 heavy (non-hydrogen) atoms. The second-order valence-corrected chi connectivity index (χ2v) is 7.23. The SMILES string of the molecule is O=C(NCCCC(=O)N1CCC(NCC2CC2)CC1)c1ccccc1. The minimum Gasteiger partial charge on any atom is -0.352 e. The zero-order valence-corrected chi connectivity index (χ0v) is 14.9. The molecule has 1 saturated carbocycles. The van der Waals surface area contributed by atoms with E-state index in [1.165, 1.54) is 12.8 Å². The molecular formula is C20H29N3O2. The first-order valence-corrected chi connectivity index (χ1v) is 9.57. The average molecular weight is 343 g/mol. The van der Waals surface area contributed by atoms with Crippen molar-refractivity contribution in [2.75, 3.05) is 26.2 Å². The first-order chi connectivity index (χ1) is 12.2. The van der Waals surface area contributed by atoms with Crippen LogP contribution < -0.4 is 10.6 Å². The highest BCUT2D eigenvalue weighted by molar-refractivity contribution is 5.94. The largest absolute Gasteiger partial charge is 0.352 e. The standard InChI is InChI=1S/C20H29N3O2/c24-19(7-4-12-21-20(25)17-5-2-1-3-6-17)23-13-10-18(11-14-23)22-15-16-8-9-16/h1-3,5-6,16,18,22H,4,7-15H2,(H,21,25). The molecule has 0 radical (unpaired) electrons. The third kappa shape index (κ3) is 5.85. The minimum absolute atomic E-state index is 0.0735. The average Bonchev–Trinajstić information content (AvgIpc) is 3.49. The van der Waals surface area contributed by atoms with Crippen molar-refractivity contribution in [1.29, 1.82) is 0 Å². The van der Waals surface area contributed by atoms with E-state index in [1.54, 1.807) is 12.1 Å². The molecule has 0 spiro atoms. The molecule has 1 saturated heterocycles. The molecule has 2 fully saturated rings. The van der Waals surface area contributed by atoms with Gasteiger partial charge >= 0.3 is 0 Å². The second-order valence-electron chi connectivity index (χ2n) is 7.23. The van der Waals surface area contributed by atoms with E-state index in [4.69, 9.17) is 0 Å². The number of amides is 2. The third-order valence-electron chi connectivity index (χ3n) is 5.13. The molecule has 1 aromatic rings. The van der Waals surface area contributed by atoms with E-state index in [-0.39, 0.29) is 11.8 Å². The van der Waals surface area contributed by atoms with Crippen LogP contribution in [0.5, 0.6) is 0 Å². The summed E-state index contributed by atoms with van der Waals surface area (Å²) in [6, 6.07) is 9.75. The maximum atomic E-state index is 12.3. The lowest BCUT2D eigenvalue weighted by molar-refractivity contribution is -0.132. The number of hydrogen-bond donors (Lipinski definition) is 2. The number of piperidine rings is 1. The van der Waals surface area contributed by atoms with Crippen molar-refractivity contribution in [1.82, 2.24) is 15.5 Å². The second kappa shape index (κ2) is 8.99. The summed E-state index contributed by atoms with van der Waals surface area (Å²) < 4.78 is 0. The number of nitrogens with one attached hydrogen (secondary N) is 2. The molecule has 0 atom stereocenters. The van der Waals surface area contributed by atoms with Gasteiger partial charge in [0.25, 0.3) is 5.91 Å². The van der Waals surface area contributed by atoms with E-state index in [0.29, 0.717) is 31.0 Å². The zero-order valence-electron chi connectivity index (χ0n) is 14.9. The maximum Gasteiger partial charge on any atom is 0.251 e. The van der Waals surface area contributed by atoms with Gasteiger partial charge in [-0.05, 0) is 56.7 Å². The summed E-state index contributed by atoms with van der Waals surface area (Å²) in [7, 11) is 0. The van der Waals surface area contributed by atoms with Crippen molar-refractivity contribution in [2.45, 2.75) is 44.6 Å². The Morgan fingerprint density at radius 2 is 1.76 bits per heavy atom. The Hall–Kier alpha value is -1.88. The van der Waals surface area contributed by atoms with E-state index in [0.717, 1.165) is 38.4 Å². The fraction of sp³-hybridized carbons (Fsp3) is 0.600. The van der Waals surface area contributed by atoms with Crippen LogP contribution in [0.3, 0.4) is 0 Å². The third-order valence-corrected chi connectivity index (χ3v) is 5.13. The van der Waals surface area contributed by atoms with Gasteiger partial charge in [-0.25, -0.2) is 0 Å². The molecule has 5 heteroatoms. The van der Waals surface area contributed by atoms with Gasteiger partial charge in [-0.2, -0.15) is 0 Å². The van der Waals surface area contributed by atoms with Crippen molar-refractivity contribution in [2.24, 2.45) is 5.92 Å². The smallest absolute Gasteiger partial charge is 0.251 e. The van der Waals surface area contributed by atoms with E-state index >= 15 is 0 Å². The Balaban J connectivity index is 1.27. The zero-order chi connectivity index (χ0) is 17.5. The number of hydrogen-bond acceptors (Lipinski definition) is 3. The predicted octanol–water partition coefficient (Wildman–Crippen LogP) is 2.19. The van der Waals surface area contributed by atoms with Crippen LogP contribution in [0.15, 0.2) is 30.3 Å². The van der Waals surface area contributed by atoms with E-state index < -0.39 is 0 Å².